The van der Waals surface area contributed by atoms with Crippen molar-refractivity contribution >= 4 is 33.3 Å². The Labute approximate surface area is 148 Å². The van der Waals surface area contributed by atoms with Gasteiger partial charge in [0.2, 0.25) is 11.3 Å². The molecule has 0 saturated carbocycles. The van der Waals surface area contributed by atoms with Gasteiger partial charge in [-0.25, -0.2) is 4.98 Å². The molecule has 0 spiro atoms. The van der Waals surface area contributed by atoms with Gasteiger partial charge in [0.25, 0.3) is 0 Å². The smallest absolute Gasteiger partial charge is 0.247 e. The summed E-state index contributed by atoms with van der Waals surface area (Å²) in [5.41, 5.74) is 1.64. The van der Waals surface area contributed by atoms with Crippen molar-refractivity contribution in [1.82, 2.24) is 14.8 Å². The summed E-state index contributed by atoms with van der Waals surface area (Å²) in [6, 6.07) is 7.17. The van der Waals surface area contributed by atoms with Crippen LogP contribution in [0.1, 0.15) is 29.8 Å². The summed E-state index contributed by atoms with van der Waals surface area (Å²) in [6.45, 7) is 0.0467. The second kappa shape index (κ2) is 6.76. The van der Waals surface area contributed by atoms with Gasteiger partial charge in [0.05, 0.1) is 17.4 Å². The van der Waals surface area contributed by atoms with E-state index in [2.05, 4.69) is 15.4 Å². The van der Waals surface area contributed by atoms with Gasteiger partial charge in [-0.05, 0) is 37.8 Å². The molecule has 2 heterocycles. The first kappa shape index (κ1) is 16.0. The van der Waals surface area contributed by atoms with Crippen LogP contribution < -0.4 is 10.7 Å². The number of aromatic nitrogens is 3. The summed E-state index contributed by atoms with van der Waals surface area (Å²) in [4.78, 5) is 30.1. The molecule has 0 unspecified atom stereocenters. The molecule has 1 amide bonds. The van der Waals surface area contributed by atoms with Gasteiger partial charge in [-0.1, -0.05) is 18.6 Å². The van der Waals surface area contributed by atoms with E-state index in [0.29, 0.717) is 16.0 Å². The van der Waals surface area contributed by atoms with Gasteiger partial charge in [-0.3, -0.25) is 14.3 Å². The van der Waals surface area contributed by atoms with E-state index in [1.807, 2.05) is 6.07 Å². The summed E-state index contributed by atoms with van der Waals surface area (Å²) in [6.07, 6.45) is 6.90. The predicted molar refractivity (Wildman–Crippen MR) is 98.0 cm³/mol. The van der Waals surface area contributed by atoms with E-state index in [0.717, 1.165) is 25.0 Å². The van der Waals surface area contributed by atoms with Crippen molar-refractivity contribution in [3.63, 3.8) is 0 Å². The highest BCUT2D eigenvalue weighted by atomic mass is 32.1. The summed E-state index contributed by atoms with van der Waals surface area (Å²) < 4.78 is 1.55. The normalized spacial score (nSPS) is 14.1. The minimum absolute atomic E-state index is 0.0467. The lowest BCUT2D eigenvalue weighted by atomic mass is 10.2. The third-order valence-corrected chi connectivity index (χ3v) is 5.47. The monoisotopic (exact) mass is 354 g/mol. The van der Waals surface area contributed by atoms with Crippen LogP contribution in [0, 0.1) is 0 Å². The minimum atomic E-state index is -0.190. The molecule has 2 aromatic heterocycles. The second-order valence-electron chi connectivity index (χ2n) is 6.18. The van der Waals surface area contributed by atoms with Crippen LogP contribution in [0.4, 0.5) is 5.13 Å². The maximum Gasteiger partial charge on any atom is 0.247 e. The van der Waals surface area contributed by atoms with Crippen molar-refractivity contribution in [2.75, 3.05) is 5.32 Å². The van der Waals surface area contributed by atoms with E-state index < -0.39 is 0 Å². The Morgan fingerprint density at radius 2 is 2.04 bits per heavy atom. The number of carbonyl (C=O) groups is 1. The number of hydrogen-bond acceptors (Lipinski definition) is 5. The molecule has 1 aliphatic rings. The summed E-state index contributed by atoms with van der Waals surface area (Å²) >= 11 is 1.57. The van der Waals surface area contributed by atoms with Crippen molar-refractivity contribution in [3.05, 3.63) is 51.3 Å². The highest BCUT2D eigenvalue weighted by Crippen LogP contribution is 2.28. The van der Waals surface area contributed by atoms with Crippen molar-refractivity contribution in [3.8, 4) is 0 Å². The number of hydrogen-bond donors (Lipinski definition) is 1. The average Bonchev–Trinajstić information content (AvgIpc) is 2.85. The maximum atomic E-state index is 12.4. The van der Waals surface area contributed by atoms with Gasteiger partial charge < -0.3 is 5.32 Å². The van der Waals surface area contributed by atoms with Gasteiger partial charge >= 0.3 is 0 Å². The number of carbonyl (C=O) groups excluding carboxylic acids is 1. The standard InChI is InChI=1S/C18H18N4O2S/c23-15-10-19-22(14-8-5-4-6-12(14)15)11-17(24)21-18-20-13-7-2-1-3-9-16(13)25-18/h4-6,8,10H,1-3,7,9,11H2,(H,20,21,24). The van der Waals surface area contributed by atoms with Crippen LogP contribution in [0.3, 0.4) is 0 Å². The van der Waals surface area contributed by atoms with E-state index in [1.165, 1.54) is 23.9 Å². The van der Waals surface area contributed by atoms with Crippen LogP contribution in [-0.4, -0.2) is 20.7 Å². The highest BCUT2D eigenvalue weighted by molar-refractivity contribution is 7.15. The first-order valence-electron chi connectivity index (χ1n) is 8.44. The van der Waals surface area contributed by atoms with E-state index in [9.17, 15) is 9.59 Å². The quantitative estimate of drug-likeness (QED) is 0.734. The number of thiazole rings is 1. The number of nitrogens with zero attached hydrogens (tertiary/aromatic N) is 3. The summed E-state index contributed by atoms with van der Waals surface area (Å²) in [5.74, 6) is -0.190. The van der Waals surface area contributed by atoms with Gasteiger partial charge in [-0.2, -0.15) is 5.10 Å². The number of amides is 1. The molecule has 0 fully saturated rings. The SMILES string of the molecule is O=C(Cn1ncc(=O)c2ccccc21)Nc1nc2c(s1)CCCCC2. The van der Waals surface area contributed by atoms with E-state index in [-0.39, 0.29) is 17.9 Å². The third kappa shape index (κ3) is 3.32. The lowest BCUT2D eigenvalue weighted by Crippen LogP contribution is -2.22. The molecule has 0 bridgehead atoms. The van der Waals surface area contributed by atoms with Gasteiger partial charge in [-0.15, -0.1) is 11.3 Å². The second-order valence-corrected chi connectivity index (χ2v) is 7.26. The summed E-state index contributed by atoms with van der Waals surface area (Å²) in [7, 11) is 0. The molecule has 6 nitrogen and oxygen atoms in total. The van der Waals surface area contributed by atoms with Crippen molar-refractivity contribution in [1.29, 1.82) is 0 Å². The van der Waals surface area contributed by atoms with Gasteiger partial charge in [0, 0.05) is 10.3 Å². The molecular formula is C18H18N4O2S. The molecule has 0 radical (unpaired) electrons. The Bertz CT molecular complexity index is 969. The van der Waals surface area contributed by atoms with Gasteiger partial charge in [0.15, 0.2) is 5.13 Å². The molecular weight excluding hydrogens is 336 g/mol. The fourth-order valence-corrected chi connectivity index (χ4v) is 4.23. The molecule has 3 aromatic rings. The molecule has 0 atom stereocenters. The molecule has 1 aromatic carbocycles. The average molecular weight is 354 g/mol. The van der Waals surface area contributed by atoms with Crippen LogP contribution in [0.2, 0.25) is 0 Å². The lowest BCUT2D eigenvalue weighted by molar-refractivity contribution is -0.116. The Hall–Kier alpha value is -2.54. The Morgan fingerprint density at radius 1 is 1.20 bits per heavy atom. The topological polar surface area (TPSA) is 76.9 Å². The van der Waals surface area contributed by atoms with Crippen LogP contribution in [0.25, 0.3) is 10.9 Å². The number of nitrogens with one attached hydrogen (secondary N) is 1. The Morgan fingerprint density at radius 3 is 2.96 bits per heavy atom. The van der Waals surface area contributed by atoms with E-state index in [4.69, 9.17) is 0 Å². The van der Waals surface area contributed by atoms with E-state index in [1.54, 1.807) is 34.2 Å². The molecule has 1 aliphatic carbocycles. The first-order valence-corrected chi connectivity index (χ1v) is 9.25. The molecule has 25 heavy (non-hydrogen) atoms. The van der Waals surface area contributed by atoms with Crippen LogP contribution >= 0.6 is 11.3 Å². The number of aryl methyl sites for hydroxylation is 2. The number of rotatable bonds is 3. The van der Waals surface area contributed by atoms with Crippen molar-refractivity contribution < 1.29 is 4.79 Å². The molecule has 7 heteroatoms. The number of benzene rings is 1. The minimum Gasteiger partial charge on any atom is -0.300 e. The zero-order chi connectivity index (χ0) is 17.2. The molecule has 0 saturated heterocycles. The molecule has 128 valence electrons. The van der Waals surface area contributed by atoms with Crippen LogP contribution in [0.15, 0.2) is 35.3 Å². The van der Waals surface area contributed by atoms with Crippen molar-refractivity contribution in [2.24, 2.45) is 0 Å². The van der Waals surface area contributed by atoms with Crippen LogP contribution in [-0.2, 0) is 24.2 Å². The lowest BCUT2D eigenvalue weighted by Gasteiger charge is -2.08. The van der Waals surface area contributed by atoms with E-state index >= 15 is 0 Å². The largest absolute Gasteiger partial charge is 0.300 e. The zero-order valence-electron chi connectivity index (χ0n) is 13.7. The predicted octanol–water partition coefficient (Wildman–Crippen LogP) is 2.76. The molecule has 1 N–H and O–H groups in total. The van der Waals surface area contributed by atoms with Gasteiger partial charge in [0.1, 0.15) is 6.54 Å². The number of para-hydroxylation sites is 1. The first-order chi connectivity index (χ1) is 12.2. The summed E-state index contributed by atoms with van der Waals surface area (Å²) in [5, 5.41) is 8.18. The Kier molecular flexibility index (Phi) is 4.31. The number of anilines is 1. The van der Waals surface area contributed by atoms with Crippen molar-refractivity contribution in [2.45, 2.75) is 38.6 Å². The van der Waals surface area contributed by atoms with Crippen LogP contribution in [0.5, 0.6) is 0 Å². The molecule has 4 rings (SSSR count). The fraction of sp³-hybridized carbons (Fsp3) is 0.333. The Balaban J connectivity index is 1.53. The molecule has 0 aliphatic heterocycles. The highest BCUT2D eigenvalue weighted by Gasteiger charge is 2.16. The number of fused-ring (bicyclic) bond motifs is 2. The zero-order valence-corrected chi connectivity index (χ0v) is 14.5. The maximum absolute atomic E-state index is 12.4. The fourth-order valence-electron chi connectivity index (χ4n) is 3.16. The third-order valence-electron chi connectivity index (χ3n) is 4.40.